The standard InChI is InChI=1S/C27H37N5O8/c1-20(31-40-19-16-30-27(37)38)21-8-10-22(11-9-21)39-18-5-7-24(34)29-15-14-28-23(33)6-3-2-4-17-32-25(35)12-13-26(32)36/h8-13,30H,2-7,14-19H2,1H3,(H,28,33)(H,29,34)(H,37,38)/b31-20-. The molecule has 13 heteroatoms. The summed E-state index contributed by atoms with van der Waals surface area (Å²) in [7, 11) is 0. The van der Waals surface area contributed by atoms with E-state index in [2.05, 4.69) is 21.1 Å². The SMILES string of the molecule is C/C(=N/OCCNC(=O)O)c1ccc(OCCCC(=O)NCCNC(=O)CCCCCN2C(=O)C=CC2=O)cc1. The maximum absolute atomic E-state index is 12.0. The van der Waals surface area contributed by atoms with Crippen LogP contribution in [-0.4, -0.2) is 84.8 Å². The van der Waals surface area contributed by atoms with Crippen molar-refractivity contribution >= 4 is 35.4 Å². The first-order valence-electron chi connectivity index (χ1n) is 13.2. The maximum atomic E-state index is 12.0. The second kappa shape index (κ2) is 18.0. The Balaban J connectivity index is 1.46. The minimum atomic E-state index is -1.12. The Bertz CT molecular complexity index is 1050. The third-order valence-corrected chi connectivity index (χ3v) is 5.72. The number of carbonyl (C=O) groups is 5. The van der Waals surface area contributed by atoms with Gasteiger partial charge in [0.05, 0.1) is 18.9 Å². The van der Waals surface area contributed by atoms with Crippen LogP contribution in [0, 0.1) is 0 Å². The summed E-state index contributed by atoms with van der Waals surface area (Å²) in [5, 5.41) is 20.1. The number of imide groups is 1. The Kier molecular flexibility index (Phi) is 14.3. The second-order valence-electron chi connectivity index (χ2n) is 8.89. The quantitative estimate of drug-likeness (QED) is 0.0855. The highest BCUT2D eigenvalue weighted by atomic mass is 16.6. The average molecular weight is 560 g/mol. The first kappa shape index (κ1) is 31.8. The molecular weight excluding hydrogens is 522 g/mol. The van der Waals surface area contributed by atoms with E-state index in [1.807, 2.05) is 12.1 Å². The molecule has 5 amide bonds. The fraction of sp³-hybridized carbons (Fsp3) is 0.481. The molecular formula is C27H37N5O8. The number of unbranched alkanes of at least 4 members (excludes halogenated alkanes) is 2. The highest BCUT2D eigenvalue weighted by Crippen LogP contribution is 2.13. The number of hydrogen-bond donors (Lipinski definition) is 4. The van der Waals surface area contributed by atoms with Crippen LogP contribution in [0.1, 0.15) is 51.0 Å². The summed E-state index contributed by atoms with van der Waals surface area (Å²) in [5.41, 5.74) is 1.47. The molecule has 0 radical (unpaired) electrons. The van der Waals surface area contributed by atoms with Gasteiger partial charge in [0.2, 0.25) is 11.8 Å². The van der Waals surface area contributed by atoms with E-state index in [1.54, 1.807) is 19.1 Å². The number of benzene rings is 1. The molecule has 0 fully saturated rings. The highest BCUT2D eigenvalue weighted by Gasteiger charge is 2.22. The van der Waals surface area contributed by atoms with Gasteiger partial charge in [-0.25, -0.2) is 4.79 Å². The maximum Gasteiger partial charge on any atom is 0.404 e. The minimum absolute atomic E-state index is 0.106. The zero-order valence-electron chi connectivity index (χ0n) is 22.6. The summed E-state index contributed by atoms with van der Waals surface area (Å²) >= 11 is 0. The summed E-state index contributed by atoms with van der Waals surface area (Å²) in [5.74, 6) is -0.162. The van der Waals surface area contributed by atoms with Crippen molar-refractivity contribution in [3.8, 4) is 5.75 Å². The van der Waals surface area contributed by atoms with Crippen LogP contribution in [0.15, 0.2) is 41.6 Å². The van der Waals surface area contributed by atoms with E-state index in [1.165, 1.54) is 17.1 Å². The molecule has 1 aromatic carbocycles. The molecule has 0 atom stereocenters. The van der Waals surface area contributed by atoms with Gasteiger partial charge in [-0.3, -0.25) is 24.1 Å². The number of carboxylic acid groups (broad SMARTS) is 1. The van der Waals surface area contributed by atoms with Crippen LogP contribution in [0.5, 0.6) is 5.75 Å². The Hall–Kier alpha value is -4.42. The fourth-order valence-corrected chi connectivity index (χ4v) is 3.58. The van der Waals surface area contributed by atoms with Gasteiger partial charge in [0.1, 0.15) is 12.4 Å². The van der Waals surface area contributed by atoms with E-state index in [0.717, 1.165) is 12.0 Å². The van der Waals surface area contributed by atoms with Crippen LogP contribution in [0.4, 0.5) is 4.79 Å². The van der Waals surface area contributed by atoms with E-state index in [-0.39, 0.29) is 36.8 Å². The van der Waals surface area contributed by atoms with Crippen molar-refractivity contribution in [1.82, 2.24) is 20.9 Å². The number of rotatable bonds is 19. The van der Waals surface area contributed by atoms with Crippen LogP contribution in [0.2, 0.25) is 0 Å². The zero-order valence-corrected chi connectivity index (χ0v) is 22.6. The number of hydrogen-bond acceptors (Lipinski definition) is 8. The molecule has 0 saturated heterocycles. The van der Waals surface area contributed by atoms with E-state index >= 15 is 0 Å². The monoisotopic (exact) mass is 559 g/mol. The molecule has 1 heterocycles. The predicted molar refractivity (Wildman–Crippen MR) is 146 cm³/mol. The summed E-state index contributed by atoms with van der Waals surface area (Å²) in [6, 6.07) is 7.22. The third-order valence-electron chi connectivity index (χ3n) is 5.72. The zero-order chi connectivity index (χ0) is 29.2. The normalized spacial score (nSPS) is 12.8. The van der Waals surface area contributed by atoms with Gasteiger partial charge in [0.25, 0.3) is 11.8 Å². The number of nitrogens with one attached hydrogen (secondary N) is 3. The molecule has 13 nitrogen and oxygen atoms in total. The van der Waals surface area contributed by atoms with Gasteiger partial charge in [-0.2, -0.15) is 0 Å². The third kappa shape index (κ3) is 12.9. The molecule has 2 rings (SSSR count). The number of carbonyl (C=O) groups excluding carboxylic acids is 4. The second-order valence-corrected chi connectivity index (χ2v) is 8.89. The van der Waals surface area contributed by atoms with Gasteiger partial charge in [-0.15, -0.1) is 0 Å². The molecule has 1 aromatic rings. The molecule has 0 saturated carbocycles. The van der Waals surface area contributed by atoms with Crippen molar-refractivity contribution in [3.63, 3.8) is 0 Å². The molecule has 0 aromatic heterocycles. The number of oxime groups is 1. The van der Waals surface area contributed by atoms with Crippen molar-refractivity contribution in [1.29, 1.82) is 0 Å². The lowest BCUT2D eigenvalue weighted by molar-refractivity contribution is -0.137. The Morgan fingerprint density at radius 1 is 0.825 bits per heavy atom. The lowest BCUT2D eigenvalue weighted by Crippen LogP contribution is -2.34. The van der Waals surface area contributed by atoms with Crippen molar-refractivity contribution in [3.05, 3.63) is 42.0 Å². The smallest absolute Gasteiger partial charge is 0.404 e. The van der Waals surface area contributed by atoms with E-state index < -0.39 is 6.09 Å². The molecule has 218 valence electrons. The Morgan fingerprint density at radius 3 is 2.08 bits per heavy atom. The van der Waals surface area contributed by atoms with Crippen LogP contribution in [0.25, 0.3) is 0 Å². The summed E-state index contributed by atoms with van der Waals surface area (Å²) in [4.78, 5) is 63.5. The predicted octanol–water partition coefficient (Wildman–Crippen LogP) is 1.57. The largest absolute Gasteiger partial charge is 0.494 e. The van der Waals surface area contributed by atoms with Crippen molar-refractivity contribution < 1.29 is 38.7 Å². The minimum Gasteiger partial charge on any atom is -0.494 e. The van der Waals surface area contributed by atoms with Crippen molar-refractivity contribution in [2.24, 2.45) is 5.16 Å². The van der Waals surface area contributed by atoms with Gasteiger partial charge in [-0.05, 0) is 56.0 Å². The average Bonchev–Trinajstić information content (AvgIpc) is 3.25. The number of ether oxygens (including phenoxy) is 1. The molecule has 0 aliphatic carbocycles. The first-order chi connectivity index (χ1) is 19.3. The van der Waals surface area contributed by atoms with E-state index in [0.29, 0.717) is 69.8 Å². The molecule has 0 bridgehead atoms. The van der Waals surface area contributed by atoms with Crippen LogP contribution < -0.4 is 20.7 Å². The molecule has 40 heavy (non-hydrogen) atoms. The Labute approximate surface area is 232 Å². The fourth-order valence-electron chi connectivity index (χ4n) is 3.58. The molecule has 4 N–H and O–H groups in total. The van der Waals surface area contributed by atoms with E-state index in [9.17, 15) is 24.0 Å². The summed E-state index contributed by atoms with van der Waals surface area (Å²) in [6.45, 7) is 3.44. The highest BCUT2D eigenvalue weighted by molar-refractivity contribution is 6.12. The number of nitrogens with zero attached hydrogens (tertiary/aromatic N) is 2. The topological polar surface area (TPSA) is 176 Å². The van der Waals surface area contributed by atoms with Gasteiger partial charge in [0.15, 0.2) is 0 Å². The van der Waals surface area contributed by atoms with Crippen molar-refractivity contribution in [2.75, 3.05) is 39.4 Å². The van der Waals surface area contributed by atoms with Crippen LogP contribution in [-0.2, 0) is 24.0 Å². The van der Waals surface area contributed by atoms with Gasteiger partial charge in [0, 0.05) is 44.6 Å². The van der Waals surface area contributed by atoms with Crippen LogP contribution >= 0.6 is 0 Å². The van der Waals surface area contributed by atoms with Gasteiger partial charge in [-0.1, -0.05) is 11.6 Å². The van der Waals surface area contributed by atoms with Gasteiger partial charge >= 0.3 is 6.09 Å². The molecule has 1 aliphatic heterocycles. The summed E-state index contributed by atoms with van der Waals surface area (Å²) < 4.78 is 5.67. The lowest BCUT2D eigenvalue weighted by atomic mass is 10.1. The Morgan fingerprint density at radius 2 is 1.45 bits per heavy atom. The molecule has 0 unspecified atom stereocenters. The summed E-state index contributed by atoms with van der Waals surface area (Å²) in [6.07, 6.45) is 4.61. The van der Waals surface area contributed by atoms with Crippen LogP contribution in [0.3, 0.4) is 0 Å². The van der Waals surface area contributed by atoms with Crippen molar-refractivity contribution in [2.45, 2.75) is 45.4 Å². The van der Waals surface area contributed by atoms with Gasteiger partial charge < -0.3 is 30.6 Å². The lowest BCUT2D eigenvalue weighted by Gasteiger charge is -2.13. The first-order valence-corrected chi connectivity index (χ1v) is 13.2. The number of amides is 5. The van der Waals surface area contributed by atoms with E-state index in [4.69, 9.17) is 14.7 Å². The molecule has 1 aliphatic rings. The molecule has 0 spiro atoms.